The normalized spacial score (nSPS) is 14.9. The van der Waals surface area contributed by atoms with Crippen LogP contribution in [-0.4, -0.2) is 33.4 Å². The Bertz CT molecular complexity index is 723. The summed E-state index contributed by atoms with van der Waals surface area (Å²) >= 11 is 0. The Labute approximate surface area is 153 Å². The molecule has 1 atom stereocenters. The minimum absolute atomic E-state index is 0. The fourth-order valence-corrected chi connectivity index (χ4v) is 2.78. The molecule has 1 fully saturated rings. The van der Waals surface area contributed by atoms with Gasteiger partial charge in [-0.15, -0.1) is 12.4 Å². The first-order chi connectivity index (χ1) is 11.5. The zero-order chi connectivity index (χ0) is 17.3. The molecule has 4 N–H and O–H groups in total. The van der Waals surface area contributed by atoms with Crippen molar-refractivity contribution in [2.24, 2.45) is 11.7 Å². The molecule has 3 rings (SSSR count). The number of hydrogen-bond donors (Lipinski definition) is 3. The van der Waals surface area contributed by atoms with Crippen LogP contribution in [0.1, 0.15) is 48.7 Å². The van der Waals surface area contributed by atoms with Gasteiger partial charge in [-0.2, -0.15) is 5.10 Å². The van der Waals surface area contributed by atoms with Crippen molar-refractivity contribution in [1.29, 1.82) is 0 Å². The van der Waals surface area contributed by atoms with Gasteiger partial charge in [-0.3, -0.25) is 4.79 Å². The highest BCUT2D eigenvalue weighted by Gasteiger charge is 2.32. The minimum Gasteiger partial charge on any atom is -0.504 e. The fourth-order valence-electron chi connectivity index (χ4n) is 2.78. The van der Waals surface area contributed by atoms with E-state index in [0.29, 0.717) is 18.4 Å². The maximum absolute atomic E-state index is 12.4. The summed E-state index contributed by atoms with van der Waals surface area (Å²) in [5.74, 6) is 0.383. The van der Waals surface area contributed by atoms with Gasteiger partial charge in [0.1, 0.15) is 0 Å². The molecule has 7 heteroatoms. The molecule has 0 saturated heterocycles. The Kier molecular flexibility index (Phi) is 6.08. The molecular formula is C18H25ClN4O2. The number of hydrogen-bond acceptors (Lipinski definition) is 4. The minimum atomic E-state index is -0.382. The Morgan fingerprint density at radius 2 is 2.00 bits per heavy atom. The van der Waals surface area contributed by atoms with Crippen LogP contribution in [0.15, 0.2) is 30.5 Å². The number of aromatic hydroxyl groups is 1. The van der Waals surface area contributed by atoms with Crippen LogP contribution in [0.4, 0.5) is 0 Å². The molecule has 0 aliphatic heterocycles. The van der Waals surface area contributed by atoms with Gasteiger partial charge in [0.05, 0.1) is 11.9 Å². The average Bonchev–Trinajstić information content (AvgIpc) is 3.34. The Hall–Kier alpha value is -2.05. The maximum Gasteiger partial charge on any atom is 0.275 e. The molecule has 1 aliphatic rings. The average molecular weight is 365 g/mol. The summed E-state index contributed by atoms with van der Waals surface area (Å²) in [7, 11) is 0. The van der Waals surface area contributed by atoms with Crippen molar-refractivity contribution in [1.82, 2.24) is 15.1 Å². The van der Waals surface area contributed by atoms with Crippen LogP contribution in [0.3, 0.4) is 0 Å². The molecule has 1 aromatic heterocycles. The zero-order valence-corrected chi connectivity index (χ0v) is 15.3. The van der Waals surface area contributed by atoms with E-state index in [4.69, 9.17) is 5.73 Å². The van der Waals surface area contributed by atoms with Gasteiger partial charge in [-0.25, -0.2) is 4.68 Å². The van der Waals surface area contributed by atoms with E-state index in [1.165, 1.54) is 16.4 Å². The van der Waals surface area contributed by atoms with Gasteiger partial charge < -0.3 is 16.2 Å². The second-order valence-corrected chi connectivity index (χ2v) is 6.71. The van der Waals surface area contributed by atoms with Crippen LogP contribution in [0.25, 0.3) is 5.69 Å². The molecule has 1 saturated carbocycles. The molecule has 1 amide bonds. The summed E-state index contributed by atoms with van der Waals surface area (Å²) in [4.78, 5) is 12.4. The molecule has 1 aromatic carbocycles. The van der Waals surface area contributed by atoms with Crippen LogP contribution < -0.4 is 11.1 Å². The smallest absolute Gasteiger partial charge is 0.275 e. The summed E-state index contributed by atoms with van der Waals surface area (Å²) in [5.41, 5.74) is 7.76. The number of carbonyl (C=O) groups excluding carboxylic acids is 1. The van der Waals surface area contributed by atoms with Gasteiger partial charge in [0.25, 0.3) is 5.91 Å². The van der Waals surface area contributed by atoms with Crippen molar-refractivity contribution in [2.75, 3.05) is 6.54 Å². The van der Waals surface area contributed by atoms with Gasteiger partial charge in [-0.05, 0) is 42.4 Å². The van der Waals surface area contributed by atoms with E-state index >= 15 is 0 Å². The van der Waals surface area contributed by atoms with Crippen LogP contribution in [0.2, 0.25) is 0 Å². The standard InChI is InChI=1S/C18H24N4O2.ClH/c1-11(2)12-5-7-14(8-6-12)22-10-16(23)17(21-22)18(24)20-15(9-19)13-3-4-13;/h5-8,10-11,13,15,23H,3-4,9,19H2,1-2H3,(H,20,24);1H. The lowest BCUT2D eigenvalue weighted by atomic mass is 10.0. The van der Waals surface area contributed by atoms with Crippen molar-refractivity contribution in [3.05, 3.63) is 41.7 Å². The first-order valence-electron chi connectivity index (χ1n) is 8.39. The quantitative estimate of drug-likeness (QED) is 0.734. The fraction of sp³-hybridized carbons (Fsp3) is 0.444. The summed E-state index contributed by atoms with van der Waals surface area (Å²) in [6.45, 7) is 4.66. The lowest BCUT2D eigenvalue weighted by molar-refractivity contribution is 0.0925. The molecule has 0 bridgehead atoms. The van der Waals surface area contributed by atoms with Crippen LogP contribution in [0.5, 0.6) is 5.75 Å². The molecule has 1 unspecified atom stereocenters. The van der Waals surface area contributed by atoms with Crippen molar-refractivity contribution in [3.8, 4) is 11.4 Å². The van der Waals surface area contributed by atoms with Crippen LogP contribution in [-0.2, 0) is 0 Å². The number of nitrogens with one attached hydrogen (secondary N) is 1. The van der Waals surface area contributed by atoms with Crippen molar-refractivity contribution < 1.29 is 9.90 Å². The van der Waals surface area contributed by atoms with E-state index in [2.05, 4.69) is 24.3 Å². The number of aromatic nitrogens is 2. The van der Waals surface area contributed by atoms with E-state index < -0.39 is 0 Å². The lowest BCUT2D eigenvalue weighted by Crippen LogP contribution is -2.41. The van der Waals surface area contributed by atoms with Crippen molar-refractivity contribution in [3.63, 3.8) is 0 Å². The molecule has 136 valence electrons. The molecule has 0 spiro atoms. The summed E-state index contributed by atoms with van der Waals surface area (Å²) in [6, 6.07) is 7.85. The third-order valence-electron chi connectivity index (χ3n) is 4.50. The Morgan fingerprint density at radius 1 is 1.36 bits per heavy atom. The van der Waals surface area contributed by atoms with Gasteiger partial charge in [0.2, 0.25) is 0 Å². The first-order valence-corrected chi connectivity index (χ1v) is 8.39. The molecule has 1 aliphatic carbocycles. The third kappa shape index (κ3) is 4.32. The van der Waals surface area contributed by atoms with Crippen LogP contribution >= 0.6 is 12.4 Å². The molecule has 0 radical (unpaired) electrons. The number of carbonyl (C=O) groups is 1. The highest BCUT2D eigenvalue weighted by atomic mass is 35.5. The third-order valence-corrected chi connectivity index (χ3v) is 4.50. The first kappa shape index (κ1) is 19.3. The Morgan fingerprint density at radius 3 is 2.52 bits per heavy atom. The lowest BCUT2D eigenvalue weighted by Gasteiger charge is -2.14. The number of nitrogens with zero attached hydrogens (tertiary/aromatic N) is 2. The zero-order valence-electron chi connectivity index (χ0n) is 14.5. The van der Waals surface area contributed by atoms with Gasteiger partial charge in [0.15, 0.2) is 11.4 Å². The summed E-state index contributed by atoms with van der Waals surface area (Å²) in [5, 5.41) is 17.2. The predicted octanol–water partition coefficient (Wildman–Crippen LogP) is 2.59. The second kappa shape index (κ2) is 7.89. The van der Waals surface area contributed by atoms with Crippen molar-refractivity contribution >= 4 is 18.3 Å². The predicted molar refractivity (Wildman–Crippen MR) is 99.6 cm³/mol. The highest BCUT2D eigenvalue weighted by molar-refractivity contribution is 5.95. The van der Waals surface area contributed by atoms with E-state index in [1.807, 2.05) is 24.3 Å². The van der Waals surface area contributed by atoms with Gasteiger partial charge >= 0.3 is 0 Å². The monoisotopic (exact) mass is 364 g/mol. The van der Waals surface area contributed by atoms with E-state index in [1.54, 1.807) is 0 Å². The Balaban J connectivity index is 0.00000225. The molecule has 25 heavy (non-hydrogen) atoms. The van der Waals surface area contributed by atoms with Crippen LogP contribution in [0, 0.1) is 5.92 Å². The number of benzene rings is 1. The number of nitrogens with two attached hydrogens (primary N) is 1. The van der Waals surface area contributed by atoms with E-state index in [9.17, 15) is 9.90 Å². The SMILES string of the molecule is CC(C)c1ccc(-n2cc(O)c(C(=O)NC(CN)C3CC3)n2)cc1.Cl. The number of halogens is 1. The largest absolute Gasteiger partial charge is 0.504 e. The van der Waals surface area contributed by atoms with Gasteiger partial charge in [-0.1, -0.05) is 26.0 Å². The topological polar surface area (TPSA) is 93.2 Å². The molecule has 1 heterocycles. The van der Waals surface area contributed by atoms with E-state index in [-0.39, 0.29) is 35.8 Å². The number of amides is 1. The summed E-state index contributed by atoms with van der Waals surface area (Å²) in [6.07, 6.45) is 3.63. The maximum atomic E-state index is 12.4. The highest BCUT2D eigenvalue weighted by Crippen LogP contribution is 2.32. The molecule has 2 aromatic rings. The second-order valence-electron chi connectivity index (χ2n) is 6.71. The van der Waals surface area contributed by atoms with Crippen molar-refractivity contribution in [2.45, 2.75) is 38.6 Å². The van der Waals surface area contributed by atoms with Gasteiger partial charge in [0, 0.05) is 12.6 Å². The van der Waals surface area contributed by atoms with E-state index in [0.717, 1.165) is 18.5 Å². The molecular weight excluding hydrogens is 340 g/mol. The molecule has 6 nitrogen and oxygen atoms in total. The summed E-state index contributed by atoms with van der Waals surface area (Å²) < 4.78 is 1.52. The number of rotatable bonds is 6.